The van der Waals surface area contributed by atoms with Crippen LogP contribution in [0.3, 0.4) is 0 Å². The molecule has 13 heavy (non-hydrogen) atoms. The maximum atomic E-state index is 11.5. The minimum Gasteiger partial charge on any atom is -0.369 e. The number of anilines is 1. The predicted octanol–water partition coefficient (Wildman–Crippen LogP) is 0.544. The van der Waals surface area contributed by atoms with Crippen molar-refractivity contribution >= 4 is 5.95 Å². The summed E-state index contributed by atoms with van der Waals surface area (Å²) in [4.78, 5) is 15.5. The van der Waals surface area contributed by atoms with E-state index in [0.29, 0.717) is 17.6 Å². The Labute approximate surface area is 76.4 Å². The highest BCUT2D eigenvalue weighted by atomic mass is 16.1. The van der Waals surface area contributed by atoms with Crippen LogP contribution in [0.5, 0.6) is 0 Å². The highest BCUT2D eigenvalue weighted by Gasteiger charge is 2.23. The van der Waals surface area contributed by atoms with Crippen molar-refractivity contribution in [1.29, 1.82) is 0 Å². The lowest BCUT2D eigenvalue weighted by Crippen LogP contribution is -2.24. The number of nitrogen functional groups attached to an aromatic ring is 1. The Bertz CT molecular complexity index is 379. The number of hydrogen-bond donors (Lipinski definition) is 1. The molecule has 0 amide bonds. The van der Waals surface area contributed by atoms with E-state index in [-0.39, 0.29) is 5.56 Å². The molecule has 0 atom stereocenters. The molecule has 2 rings (SSSR count). The molecule has 1 aliphatic rings. The molecular formula is C9H13N3O. The van der Waals surface area contributed by atoms with E-state index in [1.54, 1.807) is 11.5 Å². The molecule has 0 bridgehead atoms. The number of rotatable bonds is 2. The van der Waals surface area contributed by atoms with Crippen molar-refractivity contribution in [3.8, 4) is 0 Å². The quantitative estimate of drug-likeness (QED) is 0.721. The summed E-state index contributed by atoms with van der Waals surface area (Å²) in [5.41, 5.74) is 6.31. The van der Waals surface area contributed by atoms with Crippen molar-refractivity contribution in [2.45, 2.75) is 26.3 Å². The molecular weight excluding hydrogens is 166 g/mol. The Morgan fingerprint density at radius 3 is 2.92 bits per heavy atom. The third-order valence-corrected chi connectivity index (χ3v) is 2.30. The van der Waals surface area contributed by atoms with Crippen molar-refractivity contribution < 1.29 is 0 Å². The summed E-state index contributed by atoms with van der Waals surface area (Å²) >= 11 is 0. The van der Waals surface area contributed by atoms with E-state index in [1.165, 1.54) is 18.9 Å². The van der Waals surface area contributed by atoms with Gasteiger partial charge in [-0.05, 0) is 25.7 Å². The first-order valence-electron chi connectivity index (χ1n) is 4.51. The second kappa shape index (κ2) is 2.87. The van der Waals surface area contributed by atoms with E-state index in [1.807, 2.05) is 0 Å². The summed E-state index contributed by atoms with van der Waals surface area (Å²) in [5, 5.41) is 0. The molecule has 2 N–H and O–H groups in total. The second-order valence-corrected chi connectivity index (χ2v) is 3.65. The molecule has 70 valence electrons. The summed E-state index contributed by atoms with van der Waals surface area (Å²) in [7, 11) is 0. The Morgan fingerprint density at radius 1 is 1.69 bits per heavy atom. The van der Waals surface area contributed by atoms with Crippen LogP contribution in [0.2, 0.25) is 0 Å². The zero-order chi connectivity index (χ0) is 9.42. The lowest BCUT2D eigenvalue weighted by molar-refractivity contribution is 0.604. The summed E-state index contributed by atoms with van der Waals surface area (Å²) in [6.07, 6.45) is 2.42. The van der Waals surface area contributed by atoms with Crippen LogP contribution in [-0.4, -0.2) is 9.55 Å². The van der Waals surface area contributed by atoms with E-state index < -0.39 is 0 Å². The van der Waals surface area contributed by atoms with Gasteiger partial charge in [0.25, 0.3) is 5.56 Å². The third kappa shape index (κ3) is 1.71. The average Bonchev–Trinajstić information content (AvgIpc) is 2.79. The lowest BCUT2D eigenvalue weighted by Gasteiger charge is -2.07. The minimum atomic E-state index is -0.0306. The van der Waals surface area contributed by atoms with Gasteiger partial charge in [0, 0.05) is 18.3 Å². The van der Waals surface area contributed by atoms with Crippen molar-refractivity contribution in [3.63, 3.8) is 0 Å². The van der Waals surface area contributed by atoms with Crippen LogP contribution in [0.1, 0.15) is 18.5 Å². The van der Waals surface area contributed by atoms with Gasteiger partial charge in [-0.15, -0.1) is 0 Å². The van der Waals surface area contributed by atoms with Gasteiger partial charge in [-0.1, -0.05) is 0 Å². The van der Waals surface area contributed by atoms with Gasteiger partial charge in [-0.2, -0.15) is 0 Å². The first kappa shape index (κ1) is 8.29. The summed E-state index contributed by atoms with van der Waals surface area (Å²) in [6, 6.07) is 1.53. The molecule has 0 aliphatic heterocycles. The van der Waals surface area contributed by atoms with Gasteiger partial charge in [0.1, 0.15) is 0 Å². The van der Waals surface area contributed by atoms with Crippen LogP contribution in [0.25, 0.3) is 0 Å². The maximum absolute atomic E-state index is 11.5. The third-order valence-electron chi connectivity index (χ3n) is 2.30. The first-order valence-corrected chi connectivity index (χ1v) is 4.51. The molecule has 0 aromatic carbocycles. The fourth-order valence-electron chi connectivity index (χ4n) is 1.38. The van der Waals surface area contributed by atoms with Gasteiger partial charge in [0.15, 0.2) is 0 Å². The lowest BCUT2D eigenvalue weighted by atomic mass is 10.4. The normalized spacial score (nSPS) is 16.1. The summed E-state index contributed by atoms with van der Waals surface area (Å²) in [6.45, 7) is 2.51. The van der Waals surface area contributed by atoms with Gasteiger partial charge >= 0.3 is 0 Å². The molecule has 1 saturated carbocycles. The van der Waals surface area contributed by atoms with Gasteiger partial charge < -0.3 is 5.73 Å². The van der Waals surface area contributed by atoms with Crippen molar-refractivity contribution in [2.75, 3.05) is 5.73 Å². The number of aromatic nitrogens is 2. The zero-order valence-electron chi connectivity index (χ0n) is 7.66. The zero-order valence-corrected chi connectivity index (χ0v) is 7.66. The van der Waals surface area contributed by atoms with Crippen LogP contribution in [0.15, 0.2) is 10.9 Å². The smallest absolute Gasteiger partial charge is 0.255 e. The monoisotopic (exact) mass is 179 g/mol. The van der Waals surface area contributed by atoms with E-state index in [4.69, 9.17) is 5.73 Å². The largest absolute Gasteiger partial charge is 0.369 e. The molecule has 1 fully saturated rings. The SMILES string of the molecule is Cc1cc(=O)n(CC2CC2)c(N)n1. The Balaban J connectivity index is 2.36. The number of hydrogen-bond acceptors (Lipinski definition) is 3. The molecule has 4 nitrogen and oxygen atoms in total. The standard InChI is InChI=1S/C9H13N3O/c1-6-4-8(13)12(9(10)11-6)5-7-2-3-7/h4,7H,2-3,5H2,1H3,(H2,10,11). The van der Waals surface area contributed by atoms with Gasteiger partial charge in [-0.3, -0.25) is 9.36 Å². The van der Waals surface area contributed by atoms with Crippen molar-refractivity contribution in [2.24, 2.45) is 5.92 Å². The molecule has 0 spiro atoms. The topological polar surface area (TPSA) is 60.9 Å². The van der Waals surface area contributed by atoms with Gasteiger partial charge in [0.2, 0.25) is 5.95 Å². The number of nitrogens with two attached hydrogens (primary N) is 1. The van der Waals surface area contributed by atoms with E-state index in [0.717, 1.165) is 6.54 Å². The maximum Gasteiger partial charge on any atom is 0.255 e. The molecule has 1 aliphatic carbocycles. The van der Waals surface area contributed by atoms with Crippen LogP contribution in [-0.2, 0) is 6.54 Å². The van der Waals surface area contributed by atoms with E-state index in [2.05, 4.69) is 4.98 Å². The Morgan fingerprint density at radius 2 is 2.38 bits per heavy atom. The second-order valence-electron chi connectivity index (χ2n) is 3.65. The minimum absolute atomic E-state index is 0.0306. The van der Waals surface area contributed by atoms with Crippen LogP contribution >= 0.6 is 0 Å². The highest BCUT2D eigenvalue weighted by molar-refractivity contribution is 5.20. The fourth-order valence-corrected chi connectivity index (χ4v) is 1.38. The van der Waals surface area contributed by atoms with Crippen LogP contribution in [0.4, 0.5) is 5.95 Å². The molecule has 4 heteroatoms. The molecule has 1 aromatic rings. The van der Waals surface area contributed by atoms with Crippen molar-refractivity contribution in [3.05, 3.63) is 22.1 Å². The molecule has 0 unspecified atom stereocenters. The summed E-state index contributed by atoms with van der Waals surface area (Å²) in [5.74, 6) is 0.987. The number of nitrogens with zero attached hydrogens (tertiary/aromatic N) is 2. The van der Waals surface area contributed by atoms with Crippen LogP contribution in [0, 0.1) is 12.8 Å². The van der Waals surface area contributed by atoms with Crippen LogP contribution < -0.4 is 11.3 Å². The number of aryl methyl sites for hydroxylation is 1. The molecule has 1 heterocycles. The van der Waals surface area contributed by atoms with E-state index in [9.17, 15) is 4.79 Å². The Kier molecular flexibility index (Phi) is 1.83. The summed E-state index contributed by atoms with van der Waals surface area (Å²) < 4.78 is 1.56. The molecule has 1 aromatic heterocycles. The predicted molar refractivity (Wildman–Crippen MR) is 50.4 cm³/mol. The highest BCUT2D eigenvalue weighted by Crippen LogP contribution is 2.30. The fraction of sp³-hybridized carbons (Fsp3) is 0.556. The van der Waals surface area contributed by atoms with E-state index >= 15 is 0 Å². The van der Waals surface area contributed by atoms with Crippen molar-refractivity contribution in [1.82, 2.24) is 9.55 Å². The molecule has 0 saturated heterocycles. The molecule has 0 radical (unpaired) electrons. The average molecular weight is 179 g/mol. The van der Waals surface area contributed by atoms with Gasteiger partial charge in [-0.25, -0.2) is 4.98 Å². The first-order chi connectivity index (χ1) is 6.16. The Hall–Kier alpha value is -1.32. The van der Waals surface area contributed by atoms with Gasteiger partial charge in [0.05, 0.1) is 0 Å².